The van der Waals surface area contributed by atoms with E-state index >= 15 is 0 Å². The van der Waals surface area contributed by atoms with Gasteiger partial charge in [0, 0.05) is 38.3 Å². The van der Waals surface area contributed by atoms with Crippen molar-refractivity contribution >= 4 is 34.4 Å². The van der Waals surface area contributed by atoms with Gasteiger partial charge in [0.2, 0.25) is 0 Å². The number of aliphatic carboxylic acids is 1. The molecule has 2 aromatic rings. The Morgan fingerprint density at radius 2 is 1.72 bits per heavy atom. The summed E-state index contributed by atoms with van der Waals surface area (Å²) >= 11 is 2.45. The molecule has 4 nitrogen and oxygen atoms in total. The zero-order valence-electron chi connectivity index (χ0n) is 17.3. The number of rotatable bonds is 5. The molecule has 2 bridgehead atoms. The van der Waals surface area contributed by atoms with Crippen LogP contribution in [0.2, 0.25) is 0 Å². The van der Waals surface area contributed by atoms with E-state index in [9.17, 15) is 27.9 Å². The van der Waals surface area contributed by atoms with Crippen molar-refractivity contribution in [2.24, 2.45) is 11.8 Å². The minimum absolute atomic E-state index is 0.0201. The number of halogens is 3. The summed E-state index contributed by atoms with van der Waals surface area (Å²) in [5.74, 6) is -1.29. The number of Topliss-reactive ketones (excluding diaryl/α,β-unsaturated/α-hetero) is 1. The summed E-state index contributed by atoms with van der Waals surface area (Å²) in [5, 5.41) is 11.1. The van der Waals surface area contributed by atoms with Crippen molar-refractivity contribution < 1.29 is 27.9 Å². The Morgan fingerprint density at radius 1 is 1.06 bits per heavy atom. The molecule has 0 aliphatic heterocycles. The topological polar surface area (TPSA) is 67.3 Å². The number of hydrogen-bond acceptors (Lipinski definition) is 5. The van der Waals surface area contributed by atoms with E-state index in [1.807, 2.05) is 0 Å². The van der Waals surface area contributed by atoms with E-state index in [4.69, 9.17) is 0 Å². The number of carbonyl (C=O) groups is 2. The van der Waals surface area contributed by atoms with Crippen molar-refractivity contribution in [1.82, 2.24) is 4.98 Å². The molecule has 0 amide bonds. The zero-order chi connectivity index (χ0) is 22.6. The summed E-state index contributed by atoms with van der Waals surface area (Å²) in [7, 11) is 0. The predicted molar refractivity (Wildman–Crippen MR) is 116 cm³/mol. The maximum Gasteiger partial charge on any atom is 0.434 e. The van der Waals surface area contributed by atoms with E-state index in [0.717, 1.165) is 83.4 Å². The van der Waals surface area contributed by atoms with Gasteiger partial charge in [0.1, 0.15) is 5.01 Å². The quantitative estimate of drug-likeness (QED) is 0.562. The van der Waals surface area contributed by atoms with Crippen LogP contribution in [0.3, 0.4) is 0 Å². The molecule has 1 N–H and O–H groups in total. The highest BCUT2D eigenvalue weighted by Gasteiger charge is 2.41. The molecule has 6 rings (SSSR count). The Kier molecular flexibility index (Phi) is 5.52. The van der Waals surface area contributed by atoms with Gasteiger partial charge in [-0.05, 0) is 68.8 Å². The monoisotopic (exact) mass is 481 g/mol. The zero-order valence-corrected chi connectivity index (χ0v) is 18.9. The van der Waals surface area contributed by atoms with Crippen molar-refractivity contribution in [3.8, 4) is 10.6 Å². The molecule has 0 atom stereocenters. The lowest BCUT2D eigenvalue weighted by molar-refractivity contribution is -0.140. The summed E-state index contributed by atoms with van der Waals surface area (Å²) in [6, 6.07) is 0. The molecule has 4 aliphatic carbocycles. The number of thiazole rings is 1. The molecule has 2 heterocycles. The van der Waals surface area contributed by atoms with Gasteiger partial charge in [-0.15, -0.1) is 22.7 Å². The van der Waals surface area contributed by atoms with Crippen molar-refractivity contribution in [2.45, 2.75) is 64.0 Å². The van der Waals surface area contributed by atoms with E-state index in [2.05, 4.69) is 4.98 Å². The van der Waals surface area contributed by atoms with Crippen LogP contribution < -0.4 is 0 Å². The van der Waals surface area contributed by atoms with Gasteiger partial charge in [0.25, 0.3) is 0 Å². The average molecular weight is 482 g/mol. The molecule has 170 valence electrons. The van der Waals surface area contributed by atoms with E-state index in [-0.39, 0.29) is 29.6 Å². The standard InChI is InChI=1S/C23H22F3NO3S2/c24-23(25,26)17-10-31-21(27-17)20-13-3-1-2-4-15(13)32-16(20)9-14(28)18-11-5-7-12(8-6-11)19(18)22(29)30/h10-12H,1-9H2,(H,29,30). The number of allylic oxidation sites excluding steroid dienone is 1. The van der Waals surface area contributed by atoms with Gasteiger partial charge in [-0.2, -0.15) is 13.2 Å². The number of carbonyl (C=O) groups excluding carboxylic acids is 1. The number of nitrogens with zero attached hydrogens (tertiary/aromatic N) is 1. The lowest BCUT2D eigenvalue weighted by Gasteiger charge is -2.38. The first-order chi connectivity index (χ1) is 15.2. The maximum atomic E-state index is 13.4. The van der Waals surface area contributed by atoms with Crippen LogP contribution in [0.4, 0.5) is 13.2 Å². The second-order valence-electron chi connectivity index (χ2n) is 8.83. The van der Waals surface area contributed by atoms with Crippen LogP contribution in [0.1, 0.15) is 59.5 Å². The Bertz CT molecular complexity index is 1120. The van der Waals surface area contributed by atoms with Crippen molar-refractivity contribution in [3.63, 3.8) is 0 Å². The number of alkyl halides is 3. The molecule has 0 aromatic carbocycles. The number of thiophene rings is 1. The number of aromatic nitrogens is 1. The van der Waals surface area contributed by atoms with Crippen molar-refractivity contribution in [3.05, 3.63) is 37.5 Å². The minimum atomic E-state index is -4.51. The minimum Gasteiger partial charge on any atom is -0.478 e. The van der Waals surface area contributed by atoms with Crippen LogP contribution in [0, 0.1) is 11.8 Å². The van der Waals surface area contributed by atoms with Crippen molar-refractivity contribution in [2.75, 3.05) is 0 Å². The second-order valence-corrected chi connectivity index (χ2v) is 10.9. The van der Waals surface area contributed by atoms with Gasteiger partial charge in [-0.1, -0.05) is 0 Å². The van der Waals surface area contributed by atoms with Crippen LogP contribution in [0.25, 0.3) is 10.6 Å². The van der Waals surface area contributed by atoms with E-state index in [1.165, 1.54) is 11.3 Å². The summed E-state index contributed by atoms with van der Waals surface area (Å²) in [6.07, 6.45) is 2.39. The summed E-state index contributed by atoms with van der Waals surface area (Å²) < 4.78 is 39.5. The highest BCUT2D eigenvalue weighted by molar-refractivity contribution is 7.15. The summed E-state index contributed by atoms with van der Waals surface area (Å²) in [5.41, 5.74) is 1.51. The van der Waals surface area contributed by atoms with Gasteiger partial charge in [0.15, 0.2) is 11.5 Å². The molecule has 0 saturated heterocycles. The molecule has 0 radical (unpaired) electrons. The molecule has 2 aromatic heterocycles. The fraction of sp³-hybridized carbons (Fsp3) is 0.522. The first-order valence-electron chi connectivity index (χ1n) is 10.9. The van der Waals surface area contributed by atoms with E-state index in [0.29, 0.717) is 16.1 Å². The third kappa shape index (κ3) is 3.73. The van der Waals surface area contributed by atoms with E-state index < -0.39 is 17.8 Å². The van der Waals surface area contributed by atoms with Gasteiger partial charge < -0.3 is 5.11 Å². The smallest absolute Gasteiger partial charge is 0.434 e. The maximum absolute atomic E-state index is 13.4. The molecule has 1 saturated carbocycles. The van der Waals surface area contributed by atoms with Gasteiger partial charge in [0.05, 0.1) is 0 Å². The summed E-state index contributed by atoms with van der Waals surface area (Å²) in [6.45, 7) is 0. The number of ketones is 1. The molecular weight excluding hydrogens is 459 g/mol. The molecule has 0 unspecified atom stereocenters. The van der Waals surface area contributed by atoms with E-state index in [1.54, 1.807) is 0 Å². The number of hydrogen-bond donors (Lipinski definition) is 1. The number of aryl methyl sites for hydroxylation is 1. The fourth-order valence-electron chi connectivity index (χ4n) is 5.53. The lowest BCUT2D eigenvalue weighted by atomic mass is 9.65. The Labute approximate surface area is 191 Å². The molecule has 32 heavy (non-hydrogen) atoms. The molecule has 0 spiro atoms. The second kappa shape index (κ2) is 8.09. The Balaban J connectivity index is 1.55. The number of carboxylic acids is 1. The number of carboxylic acid groups (broad SMARTS) is 1. The third-order valence-corrected chi connectivity index (χ3v) is 9.09. The highest BCUT2D eigenvalue weighted by atomic mass is 32.1. The third-order valence-electron chi connectivity index (χ3n) is 6.94. The Hall–Kier alpha value is -2.00. The van der Waals surface area contributed by atoms with Crippen LogP contribution in [-0.2, 0) is 35.0 Å². The van der Waals surface area contributed by atoms with Crippen LogP contribution in [-0.4, -0.2) is 21.8 Å². The SMILES string of the molecule is O=C(O)C1=C(C(=O)Cc2sc3c(c2-c2nc(C(F)(F)F)cs2)CCCC3)C2CCC1CC2. The first kappa shape index (κ1) is 21.8. The van der Waals surface area contributed by atoms with Crippen LogP contribution in [0.5, 0.6) is 0 Å². The van der Waals surface area contributed by atoms with Gasteiger partial charge >= 0.3 is 12.1 Å². The van der Waals surface area contributed by atoms with Gasteiger partial charge in [-0.25, -0.2) is 9.78 Å². The molecule has 4 aliphatic rings. The Morgan fingerprint density at radius 3 is 2.34 bits per heavy atom. The number of fused-ring (bicyclic) bond motifs is 3. The van der Waals surface area contributed by atoms with Crippen LogP contribution >= 0.6 is 22.7 Å². The van der Waals surface area contributed by atoms with Crippen molar-refractivity contribution in [1.29, 1.82) is 0 Å². The lowest BCUT2D eigenvalue weighted by Crippen LogP contribution is -2.34. The van der Waals surface area contributed by atoms with Crippen LogP contribution in [0.15, 0.2) is 16.5 Å². The average Bonchev–Trinajstić information content (AvgIpc) is 3.38. The molecule has 1 fully saturated rings. The molecular formula is C23H22F3NO3S2. The largest absolute Gasteiger partial charge is 0.478 e. The first-order valence-corrected chi connectivity index (χ1v) is 12.6. The summed E-state index contributed by atoms with van der Waals surface area (Å²) in [4.78, 5) is 31.1. The fourth-order valence-corrected chi connectivity index (χ4v) is 7.92. The van der Waals surface area contributed by atoms with Gasteiger partial charge in [-0.3, -0.25) is 4.79 Å². The normalized spacial score (nSPS) is 22.8. The predicted octanol–water partition coefficient (Wildman–Crippen LogP) is 6.08. The highest BCUT2D eigenvalue weighted by Crippen LogP contribution is 2.48. The molecule has 9 heteroatoms.